The van der Waals surface area contributed by atoms with E-state index < -0.39 is 0 Å². The molecule has 0 aliphatic carbocycles. The third kappa shape index (κ3) is 3.20. The Morgan fingerprint density at radius 1 is 0.909 bits per heavy atom. The minimum atomic E-state index is -0.130. The number of nitrogens with one attached hydrogen (secondary N) is 1. The highest BCUT2D eigenvalue weighted by molar-refractivity contribution is 5.39. The molecule has 2 aromatic heterocycles. The Morgan fingerprint density at radius 2 is 1.73 bits per heavy atom. The molecular formula is C17H16N4O. The van der Waals surface area contributed by atoms with Gasteiger partial charge in [-0.25, -0.2) is 4.98 Å². The molecule has 0 aliphatic heterocycles. The Bertz CT molecular complexity index is 679. The standard InChI is InChI=1S/C17H16N4O/c1-22-15-10-12-19-17(20-15)21-16(13-7-3-2-4-8-13)14-9-5-6-11-18-14/h2-12,16H,1H3,(H,19,20,21). The number of methoxy groups -OCH3 is 1. The predicted molar refractivity (Wildman–Crippen MR) is 84.7 cm³/mol. The highest BCUT2D eigenvalue weighted by Gasteiger charge is 2.16. The summed E-state index contributed by atoms with van der Waals surface area (Å²) in [6, 6.07) is 17.5. The fourth-order valence-corrected chi connectivity index (χ4v) is 2.17. The number of hydrogen-bond donors (Lipinski definition) is 1. The van der Waals surface area contributed by atoms with Crippen LogP contribution in [0.4, 0.5) is 5.95 Å². The maximum Gasteiger partial charge on any atom is 0.226 e. The lowest BCUT2D eigenvalue weighted by molar-refractivity contribution is 0.397. The number of ether oxygens (including phenoxy) is 1. The van der Waals surface area contributed by atoms with Crippen LogP contribution in [0, 0.1) is 0 Å². The number of anilines is 1. The van der Waals surface area contributed by atoms with E-state index in [1.807, 2.05) is 48.5 Å². The second-order valence-corrected chi connectivity index (χ2v) is 4.67. The first-order chi connectivity index (χ1) is 10.9. The summed E-state index contributed by atoms with van der Waals surface area (Å²) in [6.07, 6.45) is 3.44. The van der Waals surface area contributed by atoms with Gasteiger partial charge >= 0.3 is 0 Å². The lowest BCUT2D eigenvalue weighted by Gasteiger charge is -2.18. The van der Waals surface area contributed by atoms with Crippen molar-refractivity contribution in [2.24, 2.45) is 0 Å². The number of pyridine rings is 1. The van der Waals surface area contributed by atoms with Crippen LogP contribution in [0.3, 0.4) is 0 Å². The minimum Gasteiger partial charge on any atom is -0.481 e. The zero-order chi connectivity index (χ0) is 15.2. The summed E-state index contributed by atoms with van der Waals surface area (Å²) in [7, 11) is 1.58. The number of hydrogen-bond acceptors (Lipinski definition) is 5. The molecule has 0 saturated heterocycles. The van der Waals surface area contributed by atoms with Gasteiger partial charge < -0.3 is 10.1 Å². The van der Waals surface area contributed by atoms with Crippen LogP contribution in [0.5, 0.6) is 5.88 Å². The van der Waals surface area contributed by atoms with Gasteiger partial charge in [-0.15, -0.1) is 0 Å². The molecule has 22 heavy (non-hydrogen) atoms. The molecule has 3 aromatic rings. The van der Waals surface area contributed by atoms with Crippen molar-refractivity contribution in [1.29, 1.82) is 0 Å². The van der Waals surface area contributed by atoms with Gasteiger partial charge in [-0.1, -0.05) is 36.4 Å². The molecule has 110 valence electrons. The van der Waals surface area contributed by atoms with Gasteiger partial charge in [0, 0.05) is 18.5 Å². The Hall–Kier alpha value is -2.95. The molecule has 1 aromatic carbocycles. The summed E-state index contributed by atoms with van der Waals surface area (Å²) in [6.45, 7) is 0. The van der Waals surface area contributed by atoms with E-state index in [0.717, 1.165) is 11.3 Å². The quantitative estimate of drug-likeness (QED) is 0.783. The molecule has 0 saturated carbocycles. The van der Waals surface area contributed by atoms with Gasteiger partial charge in [0.15, 0.2) is 0 Å². The molecule has 1 N–H and O–H groups in total. The summed E-state index contributed by atoms with van der Waals surface area (Å²) in [5.74, 6) is 1.02. The third-order valence-corrected chi connectivity index (χ3v) is 3.23. The molecule has 1 atom stereocenters. The van der Waals surface area contributed by atoms with Gasteiger partial charge in [0.2, 0.25) is 11.8 Å². The van der Waals surface area contributed by atoms with Crippen LogP contribution in [0.2, 0.25) is 0 Å². The molecule has 0 fully saturated rings. The molecule has 0 amide bonds. The smallest absolute Gasteiger partial charge is 0.226 e. The summed E-state index contributed by atoms with van der Waals surface area (Å²) in [5, 5.41) is 3.32. The van der Waals surface area contributed by atoms with Gasteiger partial charge in [-0.3, -0.25) is 4.98 Å². The average molecular weight is 292 g/mol. The van der Waals surface area contributed by atoms with Crippen LogP contribution in [-0.4, -0.2) is 22.1 Å². The van der Waals surface area contributed by atoms with Crippen molar-refractivity contribution in [3.63, 3.8) is 0 Å². The van der Waals surface area contributed by atoms with E-state index in [-0.39, 0.29) is 6.04 Å². The van der Waals surface area contributed by atoms with Crippen molar-refractivity contribution < 1.29 is 4.74 Å². The average Bonchev–Trinajstić information content (AvgIpc) is 2.61. The molecule has 5 nitrogen and oxygen atoms in total. The lowest BCUT2D eigenvalue weighted by Crippen LogP contribution is -2.15. The van der Waals surface area contributed by atoms with Crippen molar-refractivity contribution in [2.45, 2.75) is 6.04 Å². The first-order valence-corrected chi connectivity index (χ1v) is 6.96. The van der Waals surface area contributed by atoms with E-state index in [9.17, 15) is 0 Å². The van der Waals surface area contributed by atoms with Gasteiger partial charge in [0.1, 0.15) is 0 Å². The largest absolute Gasteiger partial charge is 0.481 e. The van der Waals surface area contributed by atoms with Gasteiger partial charge in [-0.2, -0.15) is 4.98 Å². The molecule has 1 unspecified atom stereocenters. The van der Waals surface area contributed by atoms with Crippen LogP contribution in [0.25, 0.3) is 0 Å². The van der Waals surface area contributed by atoms with Crippen molar-refractivity contribution >= 4 is 5.95 Å². The number of benzene rings is 1. The first kappa shape index (κ1) is 14.0. The highest BCUT2D eigenvalue weighted by atomic mass is 16.5. The second kappa shape index (κ2) is 6.67. The van der Waals surface area contributed by atoms with E-state index in [1.165, 1.54) is 0 Å². The zero-order valence-corrected chi connectivity index (χ0v) is 12.2. The Kier molecular flexibility index (Phi) is 4.25. The van der Waals surface area contributed by atoms with E-state index in [0.29, 0.717) is 11.8 Å². The molecule has 0 aliphatic rings. The fourth-order valence-electron chi connectivity index (χ4n) is 2.17. The van der Waals surface area contributed by atoms with Crippen LogP contribution < -0.4 is 10.1 Å². The van der Waals surface area contributed by atoms with Crippen LogP contribution in [0.15, 0.2) is 67.0 Å². The molecule has 3 rings (SSSR count). The Balaban J connectivity index is 1.95. The van der Waals surface area contributed by atoms with Crippen LogP contribution >= 0.6 is 0 Å². The van der Waals surface area contributed by atoms with Crippen molar-refractivity contribution in [1.82, 2.24) is 15.0 Å². The number of rotatable bonds is 5. The minimum absolute atomic E-state index is 0.130. The topological polar surface area (TPSA) is 59.9 Å². The third-order valence-electron chi connectivity index (χ3n) is 3.23. The zero-order valence-electron chi connectivity index (χ0n) is 12.2. The summed E-state index contributed by atoms with van der Waals surface area (Å²) in [5.41, 5.74) is 1.99. The maximum atomic E-state index is 5.14. The van der Waals surface area contributed by atoms with Crippen molar-refractivity contribution in [3.8, 4) is 5.88 Å². The lowest BCUT2D eigenvalue weighted by atomic mass is 10.0. The van der Waals surface area contributed by atoms with E-state index >= 15 is 0 Å². The van der Waals surface area contributed by atoms with Crippen LogP contribution in [0.1, 0.15) is 17.3 Å². The molecule has 0 bridgehead atoms. The first-order valence-electron chi connectivity index (χ1n) is 6.96. The molecule has 2 heterocycles. The van der Waals surface area contributed by atoms with Crippen molar-refractivity contribution in [2.75, 3.05) is 12.4 Å². The van der Waals surface area contributed by atoms with Crippen molar-refractivity contribution in [3.05, 3.63) is 78.2 Å². The normalized spacial score (nSPS) is 11.7. The molecule has 5 heteroatoms. The molecular weight excluding hydrogens is 276 g/mol. The number of aromatic nitrogens is 3. The summed E-state index contributed by atoms with van der Waals surface area (Å²) >= 11 is 0. The maximum absolute atomic E-state index is 5.14. The fraction of sp³-hybridized carbons (Fsp3) is 0.118. The Labute approximate surface area is 129 Å². The second-order valence-electron chi connectivity index (χ2n) is 4.67. The van der Waals surface area contributed by atoms with Gasteiger partial charge in [0.05, 0.1) is 18.8 Å². The predicted octanol–water partition coefficient (Wildman–Crippen LogP) is 3.08. The van der Waals surface area contributed by atoms with E-state index in [2.05, 4.69) is 20.3 Å². The monoisotopic (exact) mass is 292 g/mol. The molecule has 0 spiro atoms. The van der Waals surface area contributed by atoms with Gasteiger partial charge in [-0.05, 0) is 17.7 Å². The van der Waals surface area contributed by atoms with Gasteiger partial charge in [0.25, 0.3) is 0 Å². The Morgan fingerprint density at radius 3 is 2.45 bits per heavy atom. The number of nitrogens with zero attached hydrogens (tertiary/aromatic N) is 3. The van der Waals surface area contributed by atoms with Crippen LogP contribution in [-0.2, 0) is 0 Å². The summed E-state index contributed by atoms with van der Waals surface area (Å²) < 4.78 is 5.14. The van der Waals surface area contributed by atoms with E-state index in [4.69, 9.17) is 4.74 Å². The van der Waals surface area contributed by atoms with E-state index in [1.54, 1.807) is 25.6 Å². The SMILES string of the molecule is COc1ccnc(NC(c2ccccc2)c2ccccn2)n1. The molecule has 0 radical (unpaired) electrons. The summed E-state index contributed by atoms with van der Waals surface area (Å²) in [4.78, 5) is 13.0. The highest BCUT2D eigenvalue weighted by Crippen LogP contribution is 2.24.